The maximum absolute atomic E-state index is 12.6. The van der Waals surface area contributed by atoms with Crippen LogP contribution in [-0.2, 0) is 6.54 Å². The zero-order chi connectivity index (χ0) is 15.5. The molecule has 4 nitrogen and oxygen atoms in total. The Kier molecular flexibility index (Phi) is 4.84. The van der Waals surface area contributed by atoms with Gasteiger partial charge in [-0.05, 0) is 37.0 Å². The first-order valence-corrected chi connectivity index (χ1v) is 8.50. The number of carbonyl (C=O) groups excluding carboxylic acids is 1. The molecule has 6 heteroatoms. The highest BCUT2D eigenvalue weighted by Crippen LogP contribution is 2.25. The van der Waals surface area contributed by atoms with E-state index in [0.29, 0.717) is 16.5 Å². The number of benzene rings is 1. The van der Waals surface area contributed by atoms with Crippen LogP contribution in [0.15, 0.2) is 41.4 Å². The fourth-order valence-electron chi connectivity index (χ4n) is 2.84. The molecule has 0 unspecified atom stereocenters. The number of carbonyl (C=O) groups is 1. The number of aromatic nitrogens is 2. The molecule has 0 saturated carbocycles. The van der Waals surface area contributed by atoms with E-state index in [1.54, 1.807) is 18.3 Å². The first kappa shape index (κ1) is 15.6. The molecule has 0 atom stereocenters. The molecule has 0 spiro atoms. The van der Waals surface area contributed by atoms with Crippen molar-refractivity contribution in [2.75, 3.05) is 13.1 Å². The standard InChI is InChI=1S/C16H17BrClN3O/c17-13-1-2-15(18)14(9-13)16(22)21-6-3-12(4-7-21)10-20-8-5-19-11-20/h1-2,5,8-9,11-12H,3-4,6-7,10H2. The third-order valence-corrected chi connectivity index (χ3v) is 4.91. The molecule has 0 N–H and O–H groups in total. The van der Waals surface area contributed by atoms with Crippen molar-refractivity contribution in [3.63, 3.8) is 0 Å². The number of halogens is 2. The van der Waals surface area contributed by atoms with Crippen LogP contribution in [0.25, 0.3) is 0 Å². The Morgan fingerprint density at radius 1 is 1.36 bits per heavy atom. The van der Waals surface area contributed by atoms with Gasteiger partial charge in [-0.2, -0.15) is 0 Å². The molecule has 2 heterocycles. The van der Waals surface area contributed by atoms with E-state index < -0.39 is 0 Å². The number of amides is 1. The lowest BCUT2D eigenvalue weighted by Gasteiger charge is -2.32. The third kappa shape index (κ3) is 3.52. The monoisotopic (exact) mass is 381 g/mol. The van der Waals surface area contributed by atoms with Gasteiger partial charge in [-0.1, -0.05) is 27.5 Å². The Morgan fingerprint density at radius 3 is 2.82 bits per heavy atom. The van der Waals surface area contributed by atoms with E-state index in [9.17, 15) is 4.79 Å². The molecule has 116 valence electrons. The van der Waals surface area contributed by atoms with Gasteiger partial charge in [0.05, 0.1) is 16.9 Å². The van der Waals surface area contributed by atoms with Crippen LogP contribution >= 0.6 is 27.5 Å². The molecular formula is C16H17BrClN3O. The molecule has 2 aromatic rings. The highest BCUT2D eigenvalue weighted by atomic mass is 79.9. The number of imidazole rings is 1. The molecule has 3 rings (SSSR count). The van der Waals surface area contributed by atoms with E-state index in [4.69, 9.17) is 11.6 Å². The van der Waals surface area contributed by atoms with Gasteiger partial charge < -0.3 is 9.47 Å². The molecule has 22 heavy (non-hydrogen) atoms. The summed E-state index contributed by atoms with van der Waals surface area (Å²) >= 11 is 9.55. The summed E-state index contributed by atoms with van der Waals surface area (Å²) in [6.07, 6.45) is 7.65. The summed E-state index contributed by atoms with van der Waals surface area (Å²) in [6, 6.07) is 5.39. The molecule has 1 saturated heterocycles. The van der Waals surface area contributed by atoms with Crippen LogP contribution in [0.2, 0.25) is 5.02 Å². The highest BCUT2D eigenvalue weighted by molar-refractivity contribution is 9.10. The molecule has 0 radical (unpaired) electrons. The van der Waals surface area contributed by atoms with Gasteiger partial charge in [-0.25, -0.2) is 4.98 Å². The van der Waals surface area contributed by atoms with E-state index in [1.165, 1.54) is 0 Å². The normalized spacial score (nSPS) is 16.0. The van der Waals surface area contributed by atoms with Crippen LogP contribution in [0.1, 0.15) is 23.2 Å². The maximum atomic E-state index is 12.6. The lowest BCUT2D eigenvalue weighted by molar-refractivity contribution is 0.0683. The van der Waals surface area contributed by atoms with Crippen molar-refractivity contribution in [1.29, 1.82) is 0 Å². The first-order chi connectivity index (χ1) is 10.6. The second kappa shape index (κ2) is 6.84. The van der Waals surface area contributed by atoms with Crippen LogP contribution in [0.3, 0.4) is 0 Å². The molecule has 1 aliphatic heterocycles. The van der Waals surface area contributed by atoms with Gasteiger partial charge in [-0.3, -0.25) is 4.79 Å². The Bertz CT molecular complexity index is 651. The summed E-state index contributed by atoms with van der Waals surface area (Å²) < 4.78 is 2.98. The van der Waals surface area contributed by atoms with Crippen molar-refractivity contribution in [3.05, 3.63) is 52.0 Å². The summed E-state index contributed by atoms with van der Waals surface area (Å²) in [4.78, 5) is 18.6. The summed E-state index contributed by atoms with van der Waals surface area (Å²) in [5, 5.41) is 0.508. The zero-order valence-electron chi connectivity index (χ0n) is 12.1. The van der Waals surface area contributed by atoms with E-state index in [1.807, 2.05) is 23.5 Å². The van der Waals surface area contributed by atoms with Crippen molar-refractivity contribution in [2.45, 2.75) is 19.4 Å². The van der Waals surface area contributed by atoms with E-state index in [0.717, 1.165) is 36.9 Å². The Labute approximate surface area is 143 Å². The van der Waals surface area contributed by atoms with Crippen LogP contribution in [0.4, 0.5) is 0 Å². The van der Waals surface area contributed by atoms with Crippen molar-refractivity contribution in [1.82, 2.24) is 14.5 Å². The topological polar surface area (TPSA) is 38.1 Å². The predicted molar refractivity (Wildman–Crippen MR) is 90.0 cm³/mol. The number of piperidine rings is 1. The van der Waals surface area contributed by atoms with Crippen LogP contribution in [0.5, 0.6) is 0 Å². The molecule has 1 aromatic carbocycles. The Hall–Kier alpha value is -1.33. The van der Waals surface area contributed by atoms with Crippen molar-refractivity contribution < 1.29 is 4.79 Å². The predicted octanol–water partition coefficient (Wildman–Crippen LogP) is 3.85. The van der Waals surface area contributed by atoms with Gasteiger partial charge in [0.1, 0.15) is 0 Å². The van der Waals surface area contributed by atoms with Crippen LogP contribution < -0.4 is 0 Å². The highest BCUT2D eigenvalue weighted by Gasteiger charge is 2.25. The minimum atomic E-state index is 0.0207. The first-order valence-electron chi connectivity index (χ1n) is 7.33. The maximum Gasteiger partial charge on any atom is 0.255 e. The molecular weight excluding hydrogens is 366 g/mol. The SMILES string of the molecule is O=C(c1cc(Br)ccc1Cl)N1CCC(Cn2ccnc2)CC1. The van der Waals surface area contributed by atoms with Crippen molar-refractivity contribution in [2.24, 2.45) is 5.92 Å². The number of hydrogen-bond acceptors (Lipinski definition) is 2. The molecule has 1 amide bonds. The number of likely N-dealkylation sites (tertiary alicyclic amines) is 1. The Balaban J connectivity index is 1.61. The van der Waals surface area contributed by atoms with E-state index in [-0.39, 0.29) is 5.91 Å². The average molecular weight is 383 g/mol. The van der Waals surface area contributed by atoms with Gasteiger partial charge in [0.15, 0.2) is 0 Å². The largest absolute Gasteiger partial charge is 0.339 e. The second-order valence-electron chi connectivity index (χ2n) is 5.62. The molecule has 1 aliphatic rings. The van der Waals surface area contributed by atoms with Gasteiger partial charge >= 0.3 is 0 Å². The summed E-state index contributed by atoms with van der Waals surface area (Å²) in [5.41, 5.74) is 0.573. The van der Waals surface area contributed by atoms with Gasteiger partial charge in [0, 0.05) is 36.5 Å². The smallest absolute Gasteiger partial charge is 0.255 e. The number of rotatable bonds is 3. The van der Waals surface area contributed by atoms with Crippen molar-refractivity contribution >= 4 is 33.4 Å². The quantitative estimate of drug-likeness (QED) is 0.808. The van der Waals surface area contributed by atoms with E-state index >= 15 is 0 Å². The lowest BCUT2D eigenvalue weighted by Crippen LogP contribution is -2.39. The van der Waals surface area contributed by atoms with Gasteiger partial charge in [0.2, 0.25) is 0 Å². The van der Waals surface area contributed by atoms with Gasteiger partial charge in [0.25, 0.3) is 5.91 Å². The lowest BCUT2D eigenvalue weighted by atomic mass is 9.96. The average Bonchev–Trinajstić information content (AvgIpc) is 3.03. The third-order valence-electron chi connectivity index (χ3n) is 4.09. The van der Waals surface area contributed by atoms with Crippen LogP contribution in [0, 0.1) is 5.92 Å². The molecule has 0 bridgehead atoms. The number of nitrogens with zero attached hydrogens (tertiary/aromatic N) is 3. The summed E-state index contributed by atoms with van der Waals surface area (Å²) in [7, 11) is 0. The fraction of sp³-hybridized carbons (Fsp3) is 0.375. The molecule has 1 fully saturated rings. The summed E-state index contributed by atoms with van der Waals surface area (Å²) in [5.74, 6) is 0.614. The zero-order valence-corrected chi connectivity index (χ0v) is 14.4. The minimum Gasteiger partial charge on any atom is -0.339 e. The summed E-state index contributed by atoms with van der Waals surface area (Å²) in [6.45, 7) is 2.53. The Morgan fingerprint density at radius 2 is 2.14 bits per heavy atom. The van der Waals surface area contributed by atoms with E-state index in [2.05, 4.69) is 25.5 Å². The second-order valence-corrected chi connectivity index (χ2v) is 6.94. The van der Waals surface area contributed by atoms with Crippen molar-refractivity contribution in [3.8, 4) is 0 Å². The minimum absolute atomic E-state index is 0.0207. The van der Waals surface area contributed by atoms with Gasteiger partial charge in [-0.15, -0.1) is 0 Å². The number of hydrogen-bond donors (Lipinski definition) is 0. The molecule has 0 aliphatic carbocycles. The van der Waals surface area contributed by atoms with Crippen LogP contribution in [-0.4, -0.2) is 33.4 Å². The molecule has 1 aromatic heterocycles. The fourth-order valence-corrected chi connectivity index (χ4v) is 3.40.